The number of esters is 1. The van der Waals surface area contributed by atoms with Crippen LogP contribution in [0.1, 0.15) is 277 Å². The second-order valence-electron chi connectivity index (χ2n) is 18.2. The van der Waals surface area contributed by atoms with Gasteiger partial charge in [0.1, 0.15) is 0 Å². The molecule has 0 rings (SSSR count). The molecule has 61 heavy (non-hydrogen) atoms. The smallest absolute Gasteiger partial charge is 0.305 e. The summed E-state index contributed by atoms with van der Waals surface area (Å²) in [6.45, 7) is 4.85. The van der Waals surface area contributed by atoms with Gasteiger partial charge in [0.05, 0.1) is 25.4 Å². The largest absolute Gasteiger partial charge is 0.466 e. The normalized spacial score (nSPS) is 12.9. The number of carbonyl (C=O) groups excluding carboxylic acids is 2. The van der Waals surface area contributed by atoms with Crippen LogP contribution in [0.5, 0.6) is 0 Å². The summed E-state index contributed by atoms with van der Waals surface area (Å²) in [7, 11) is 0. The summed E-state index contributed by atoms with van der Waals surface area (Å²) in [4.78, 5) is 24.5. The number of nitrogens with one attached hydrogen (secondary N) is 1. The Labute approximate surface area is 379 Å². The molecule has 0 fully saturated rings. The van der Waals surface area contributed by atoms with Crippen molar-refractivity contribution < 1.29 is 24.5 Å². The zero-order valence-electron chi connectivity index (χ0n) is 40.6. The quantitative estimate of drug-likeness (QED) is 0.0322. The minimum Gasteiger partial charge on any atom is -0.466 e. The van der Waals surface area contributed by atoms with Gasteiger partial charge in [-0.3, -0.25) is 9.59 Å². The van der Waals surface area contributed by atoms with Gasteiger partial charge in [-0.15, -0.1) is 0 Å². The average Bonchev–Trinajstić information content (AvgIpc) is 3.26. The Balaban J connectivity index is 3.53. The highest BCUT2D eigenvalue weighted by atomic mass is 16.5. The first-order valence-electron chi connectivity index (χ1n) is 26.7. The monoisotopic (exact) mass is 858 g/mol. The van der Waals surface area contributed by atoms with Crippen molar-refractivity contribution in [1.82, 2.24) is 5.32 Å². The van der Waals surface area contributed by atoms with E-state index in [1.54, 1.807) is 0 Å². The molecule has 2 unspecified atom stereocenters. The maximum absolute atomic E-state index is 12.4. The zero-order chi connectivity index (χ0) is 44.4. The van der Waals surface area contributed by atoms with E-state index in [0.717, 1.165) is 83.5 Å². The van der Waals surface area contributed by atoms with E-state index in [2.05, 4.69) is 55.6 Å². The Kier molecular flexibility index (Phi) is 49.1. The van der Waals surface area contributed by atoms with Gasteiger partial charge < -0.3 is 20.3 Å². The van der Waals surface area contributed by atoms with Crippen LogP contribution < -0.4 is 5.32 Å². The van der Waals surface area contributed by atoms with Gasteiger partial charge in [-0.05, 0) is 83.5 Å². The maximum atomic E-state index is 12.4. The van der Waals surface area contributed by atoms with E-state index >= 15 is 0 Å². The lowest BCUT2D eigenvalue weighted by Gasteiger charge is -2.22. The van der Waals surface area contributed by atoms with E-state index in [-0.39, 0.29) is 18.5 Å². The van der Waals surface area contributed by atoms with Crippen molar-refractivity contribution in [3.63, 3.8) is 0 Å². The summed E-state index contributed by atoms with van der Waals surface area (Å²) in [5.74, 6) is -0.115. The number of aliphatic hydroxyl groups is 2. The molecule has 0 aromatic heterocycles. The summed E-state index contributed by atoms with van der Waals surface area (Å²) in [6.07, 6.45) is 61.2. The van der Waals surface area contributed by atoms with E-state index in [1.807, 2.05) is 0 Å². The van der Waals surface area contributed by atoms with E-state index in [0.29, 0.717) is 25.9 Å². The second kappa shape index (κ2) is 50.7. The molecule has 6 nitrogen and oxygen atoms in total. The van der Waals surface area contributed by atoms with Crippen molar-refractivity contribution in [1.29, 1.82) is 0 Å². The van der Waals surface area contributed by atoms with Gasteiger partial charge in [0.15, 0.2) is 0 Å². The van der Waals surface area contributed by atoms with E-state index in [9.17, 15) is 19.8 Å². The summed E-state index contributed by atoms with van der Waals surface area (Å²) in [6, 6.07) is -0.568. The van der Waals surface area contributed by atoms with Crippen LogP contribution in [0.3, 0.4) is 0 Å². The number of unbranched alkanes of at least 4 members (excludes halogenated alkanes) is 32. The van der Waals surface area contributed by atoms with Crippen molar-refractivity contribution in [2.45, 2.75) is 289 Å². The molecule has 0 aliphatic rings. The van der Waals surface area contributed by atoms with Crippen LogP contribution in [0.4, 0.5) is 0 Å². The third-order valence-corrected chi connectivity index (χ3v) is 12.2. The Morgan fingerprint density at radius 1 is 0.459 bits per heavy atom. The fourth-order valence-electron chi connectivity index (χ4n) is 8.02. The van der Waals surface area contributed by atoms with Gasteiger partial charge in [-0.25, -0.2) is 0 Å². The SMILES string of the molecule is CCCCCC/C=C\C/C=C\CCCCCCCCCC(=O)OCCCC/C=C\CCCCCCC(=O)NC(CO)C(O)CCCCCCCCCCCCCCCCCC. The van der Waals surface area contributed by atoms with Gasteiger partial charge >= 0.3 is 5.97 Å². The molecule has 0 aliphatic heterocycles. The number of hydrogen-bond donors (Lipinski definition) is 3. The average molecular weight is 858 g/mol. The number of rotatable bonds is 49. The molecule has 0 aliphatic carbocycles. The molecular formula is C55H103NO5. The third kappa shape index (κ3) is 47.4. The highest BCUT2D eigenvalue weighted by Crippen LogP contribution is 2.16. The first-order valence-corrected chi connectivity index (χ1v) is 26.7. The van der Waals surface area contributed by atoms with Crippen molar-refractivity contribution in [2.24, 2.45) is 0 Å². The highest BCUT2D eigenvalue weighted by molar-refractivity contribution is 5.76. The van der Waals surface area contributed by atoms with Crippen molar-refractivity contribution in [2.75, 3.05) is 13.2 Å². The van der Waals surface area contributed by atoms with Gasteiger partial charge in [-0.1, -0.05) is 217 Å². The van der Waals surface area contributed by atoms with Crippen molar-refractivity contribution in [3.05, 3.63) is 36.5 Å². The van der Waals surface area contributed by atoms with Gasteiger partial charge in [-0.2, -0.15) is 0 Å². The number of hydrogen-bond acceptors (Lipinski definition) is 5. The molecule has 3 N–H and O–H groups in total. The third-order valence-electron chi connectivity index (χ3n) is 12.2. The molecule has 1 amide bonds. The minimum atomic E-state index is -0.687. The van der Waals surface area contributed by atoms with Crippen molar-refractivity contribution in [3.8, 4) is 0 Å². The minimum absolute atomic E-state index is 0.0438. The van der Waals surface area contributed by atoms with Gasteiger partial charge in [0, 0.05) is 12.8 Å². The Morgan fingerprint density at radius 3 is 1.28 bits per heavy atom. The van der Waals surface area contributed by atoms with E-state index in [1.165, 1.54) is 161 Å². The highest BCUT2D eigenvalue weighted by Gasteiger charge is 2.20. The molecule has 0 saturated carbocycles. The predicted octanol–water partition coefficient (Wildman–Crippen LogP) is 16.1. The van der Waals surface area contributed by atoms with E-state index < -0.39 is 12.1 Å². The molecule has 0 aromatic rings. The summed E-state index contributed by atoms with van der Waals surface area (Å²) in [5.41, 5.74) is 0. The lowest BCUT2D eigenvalue weighted by atomic mass is 10.0. The van der Waals surface area contributed by atoms with Crippen LogP contribution in [-0.4, -0.2) is 47.4 Å². The molecule has 0 aromatic carbocycles. The summed E-state index contributed by atoms with van der Waals surface area (Å²) >= 11 is 0. The van der Waals surface area contributed by atoms with Crippen LogP contribution in [0.15, 0.2) is 36.5 Å². The van der Waals surface area contributed by atoms with Crippen LogP contribution in [-0.2, 0) is 14.3 Å². The summed E-state index contributed by atoms with van der Waals surface area (Å²) < 4.78 is 5.44. The zero-order valence-corrected chi connectivity index (χ0v) is 40.6. The number of amides is 1. The predicted molar refractivity (Wildman–Crippen MR) is 264 cm³/mol. The van der Waals surface area contributed by atoms with Crippen LogP contribution in [0, 0.1) is 0 Å². The van der Waals surface area contributed by atoms with E-state index in [4.69, 9.17) is 4.74 Å². The Hall–Kier alpha value is -1.92. The first kappa shape index (κ1) is 59.1. The fraction of sp³-hybridized carbons (Fsp3) is 0.855. The molecule has 6 heteroatoms. The van der Waals surface area contributed by atoms with Crippen molar-refractivity contribution >= 4 is 11.9 Å². The molecule has 358 valence electrons. The molecule has 0 bridgehead atoms. The second-order valence-corrected chi connectivity index (χ2v) is 18.2. The fourth-order valence-corrected chi connectivity index (χ4v) is 8.02. The lowest BCUT2D eigenvalue weighted by Crippen LogP contribution is -2.45. The van der Waals surface area contributed by atoms with Crippen LogP contribution in [0.2, 0.25) is 0 Å². The maximum Gasteiger partial charge on any atom is 0.305 e. The lowest BCUT2D eigenvalue weighted by molar-refractivity contribution is -0.143. The molecule has 0 saturated heterocycles. The molecule has 0 radical (unpaired) electrons. The number of aliphatic hydroxyl groups excluding tert-OH is 2. The number of carbonyl (C=O) groups is 2. The van der Waals surface area contributed by atoms with Crippen LogP contribution in [0.25, 0.3) is 0 Å². The molecule has 0 heterocycles. The Morgan fingerprint density at radius 2 is 0.820 bits per heavy atom. The first-order chi connectivity index (χ1) is 30.0. The number of ether oxygens (including phenoxy) is 1. The number of allylic oxidation sites excluding steroid dienone is 6. The molecule has 2 atom stereocenters. The Bertz CT molecular complexity index is 993. The topological polar surface area (TPSA) is 95.9 Å². The molecular weight excluding hydrogens is 755 g/mol. The van der Waals surface area contributed by atoms with Gasteiger partial charge in [0.2, 0.25) is 5.91 Å². The van der Waals surface area contributed by atoms with Gasteiger partial charge in [0.25, 0.3) is 0 Å². The summed E-state index contributed by atoms with van der Waals surface area (Å²) in [5, 5.41) is 23.2. The molecule has 0 spiro atoms. The standard InChI is InChI=1S/C55H103NO5/c1-3-5-7-9-11-13-15-17-19-21-22-24-26-28-33-37-41-45-49-55(60)61-50-46-42-38-34-30-29-32-36-40-44-48-54(59)56-52(51-57)53(58)47-43-39-35-31-27-25-23-20-18-16-14-12-10-8-6-4-2/h13,15,19,21,30,34,52-53,57-58H,3-12,14,16-18,20,22-29,31-33,35-51H2,1-2H3,(H,56,59)/b15-13-,21-19-,34-30-. The van der Waals surface area contributed by atoms with Crippen LogP contribution >= 0.6 is 0 Å².